The molecule has 1 atom stereocenters. The van der Waals surface area contributed by atoms with E-state index >= 15 is 0 Å². The molecule has 0 aromatic heterocycles. The molecule has 0 aliphatic rings. The third-order valence-corrected chi connectivity index (χ3v) is 4.07. The van der Waals surface area contributed by atoms with Crippen LogP contribution in [-0.4, -0.2) is 18.6 Å². The minimum absolute atomic E-state index is 0.163. The lowest BCUT2D eigenvalue weighted by Crippen LogP contribution is -2.37. The number of benzene rings is 2. The maximum atomic E-state index is 12.0. The van der Waals surface area contributed by atoms with Crippen molar-refractivity contribution in [3.63, 3.8) is 0 Å². The fourth-order valence-corrected chi connectivity index (χ4v) is 2.53. The van der Waals surface area contributed by atoms with Crippen LogP contribution in [0.5, 0.6) is 5.75 Å². The van der Waals surface area contributed by atoms with Crippen molar-refractivity contribution in [3.05, 3.63) is 64.1 Å². The molecule has 0 unspecified atom stereocenters. The van der Waals surface area contributed by atoms with Crippen LogP contribution < -0.4 is 10.1 Å². The van der Waals surface area contributed by atoms with Gasteiger partial charge in [-0.15, -0.1) is 0 Å². The van der Waals surface area contributed by atoms with Gasteiger partial charge >= 0.3 is 0 Å². The quantitative estimate of drug-likeness (QED) is 0.745. The molecule has 0 heterocycles. The Morgan fingerprint density at radius 3 is 2.43 bits per heavy atom. The summed E-state index contributed by atoms with van der Waals surface area (Å²) in [6, 6.07) is 14.8. The number of aryl methyl sites for hydroxylation is 1. The molecule has 2 aromatic carbocycles. The lowest BCUT2D eigenvalue weighted by molar-refractivity contribution is -0.127. The van der Waals surface area contributed by atoms with E-state index in [1.54, 1.807) is 19.1 Å². The standard InChI is InChI=1S/C18H19Cl2NO2/c1-13(23-17-11-5-4-10-16(17)20)18(22)21-12-6-8-14-7-2-3-9-15(14)19/h2-5,7,9-11,13H,6,8,12H2,1H3,(H,21,22)/t13-/m0/s1. The number of hydrogen-bond acceptors (Lipinski definition) is 2. The van der Waals surface area contributed by atoms with Crippen LogP contribution in [0.15, 0.2) is 48.5 Å². The second kappa shape index (κ2) is 8.80. The predicted molar refractivity (Wildman–Crippen MR) is 94.3 cm³/mol. The van der Waals surface area contributed by atoms with E-state index in [9.17, 15) is 4.79 Å². The van der Waals surface area contributed by atoms with Gasteiger partial charge in [0.2, 0.25) is 0 Å². The van der Waals surface area contributed by atoms with Crippen molar-refractivity contribution in [2.45, 2.75) is 25.9 Å². The summed E-state index contributed by atoms with van der Waals surface area (Å²) in [5.41, 5.74) is 1.09. The maximum Gasteiger partial charge on any atom is 0.260 e. The summed E-state index contributed by atoms with van der Waals surface area (Å²) in [7, 11) is 0. The highest BCUT2D eigenvalue weighted by Crippen LogP contribution is 2.24. The van der Waals surface area contributed by atoms with Crippen LogP contribution in [0.4, 0.5) is 0 Å². The van der Waals surface area contributed by atoms with Crippen molar-refractivity contribution in [2.75, 3.05) is 6.54 Å². The highest BCUT2D eigenvalue weighted by Gasteiger charge is 2.15. The average molecular weight is 352 g/mol. The first-order valence-corrected chi connectivity index (χ1v) is 8.26. The molecular weight excluding hydrogens is 333 g/mol. The number of hydrogen-bond donors (Lipinski definition) is 1. The van der Waals surface area contributed by atoms with Gasteiger partial charge in [-0.1, -0.05) is 53.5 Å². The molecule has 2 rings (SSSR count). The Morgan fingerprint density at radius 2 is 1.74 bits per heavy atom. The highest BCUT2D eigenvalue weighted by atomic mass is 35.5. The predicted octanol–water partition coefficient (Wildman–Crippen LogP) is 4.51. The largest absolute Gasteiger partial charge is 0.479 e. The summed E-state index contributed by atoms with van der Waals surface area (Å²) in [4.78, 5) is 12.0. The van der Waals surface area contributed by atoms with E-state index in [0.717, 1.165) is 23.4 Å². The smallest absolute Gasteiger partial charge is 0.260 e. The number of ether oxygens (including phenoxy) is 1. The molecule has 5 heteroatoms. The molecule has 0 saturated carbocycles. The first-order chi connectivity index (χ1) is 11.1. The van der Waals surface area contributed by atoms with Crippen molar-refractivity contribution < 1.29 is 9.53 Å². The van der Waals surface area contributed by atoms with E-state index in [1.807, 2.05) is 36.4 Å². The third kappa shape index (κ3) is 5.45. The Bertz CT molecular complexity index is 661. The van der Waals surface area contributed by atoms with E-state index in [4.69, 9.17) is 27.9 Å². The lowest BCUT2D eigenvalue weighted by atomic mass is 10.1. The monoisotopic (exact) mass is 351 g/mol. The first kappa shape index (κ1) is 17.6. The van der Waals surface area contributed by atoms with Crippen LogP contribution >= 0.6 is 23.2 Å². The van der Waals surface area contributed by atoms with E-state index in [1.165, 1.54) is 0 Å². The van der Waals surface area contributed by atoms with E-state index in [2.05, 4.69) is 5.32 Å². The minimum Gasteiger partial charge on any atom is -0.479 e. The number of para-hydroxylation sites is 1. The van der Waals surface area contributed by atoms with Crippen LogP contribution in [0.3, 0.4) is 0 Å². The van der Waals surface area contributed by atoms with Crippen molar-refractivity contribution in [1.29, 1.82) is 0 Å². The molecule has 23 heavy (non-hydrogen) atoms. The maximum absolute atomic E-state index is 12.0. The molecule has 2 aromatic rings. The normalized spacial score (nSPS) is 11.8. The zero-order chi connectivity index (χ0) is 16.7. The zero-order valence-corrected chi connectivity index (χ0v) is 14.4. The van der Waals surface area contributed by atoms with Gasteiger partial charge in [-0.3, -0.25) is 4.79 Å². The second-order valence-electron chi connectivity index (χ2n) is 5.18. The zero-order valence-electron chi connectivity index (χ0n) is 12.9. The van der Waals surface area contributed by atoms with Crippen LogP contribution in [0.2, 0.25) is 10.0 Å². The summed E-state index contributed by atoms with van der Waals surface area (Å²) in [5.74, 6) is 0.344. The third-order valence-electron chi connectivity index (χ3n) is 3.39. The van der Waals surface area contributed by atoms with E-state index < -0.39 is 6.10 Å². The summed E-state index contributed by atoms with van der Waals surface area (Å²) >= 11 is 12.1. The first-order valence-electron chi connectivity index (χ1n) is 7.50. The molecule has 0 aliphatic heterocycles. The summed E-state index contributed by atoms with van der Waals surface area (Å²) < 4.78 is 5.58. The number of amides is 1. The highest BCUT2D eigenvalue weighted by molar-refractivity contribution is 6.32. The molecule has 0 bridgehead atoms. The van der Waals surface area contributed by atoms with Gasteiger partial charge in [0.15, 0.2) is 6.10 Å². The number of carbonyl (C=O) groups is 1. The van der Waals surface area contributed by atoms with Crippen molar-refractivity contribution in [2.24, 2.45) is 0 Å². The SMILES string of the molecule is C[C@H](Oc1ccccc1Cl)C(=O)NCCCc1ccccc1Cl. The van der Waals surface area contributed by atoms with Crippen molar-refractivity contribution >= 4 is 29.1 Å². The Labute approximate surface area is 146 Å². The van der Waals surface area contributed by atoms with Gasteiger partial charge in [0.1, 0.15) is 5.75 Å². The molecule has 0 aliphatic carbocycles. The minimum atomic E-state index is -0.602. The number of rotatable bonds is 7. The van der Waals surface area contributed by atoms with Gasteiger partial charge < -0.3 is 10.1 Å². The summed E-state index contributed by atoms with van der Waals surface area (Å²) in [6.45, 7) is 2.27. The Kier molecular flexibility index (Phi) is 6.75. The molecule has 0 spiro atoms. The molecule has 3 nitrogen and oxygen atoms in total. The summed E-state index contributed by atoms with van der Waals surface area (Å²) in [6.07, 6.45) is 1.03. The van der Waals surface area contributed by atoms with Gasteiger partial charge in [-0.25, -0.2) is 0 Å². The molecule has 1 amide bonds. The van der Waals surface area contributed by atoms with Gasteiger partial charge in [0.05, 0.1) is 5.02 Å². The van der Waals surface area contributed by atoms with Gasteiger partial charge in [-0.2, -0.15) is 0 Å². The molecule has 0 radical (unpaired) electrons. The fraction of sp³-hybridized carbons (Fsp3) is 0.278. The molecule has 122 valence electrons. The topological polar surface area (TPSA) is 38.3 Å². The van der Waals surface area contributed by atoms with E-state index in [0.29, 0.717) is 17.3 Å². The Morgan fingerprint density at radius 1 is 1.09 bits per heavy atom. The Balaban J connectivity index is 1.74. The van der Waals surface area contributed by atoms with E-state index in [-0.39, 0.29) is 5.91 Å². The molecular formula is C18H19Cl2NO2. The van der Waals surface area contributed by atoms with Gasteiger partial charge in [0.25, 0.3) is 5.91 Å². The number of halogens is 2. The summed E-state index contributed by atoms with van der Waals surface area (Å²) in [5, 5.41) is 4.11. The van der Waals surface area contributed by atoms with Gasteiger partial charge in [0, 0.05) is 11.6 Å². The van der Waals surface area contributed by atoms with Crippen LogP contribution in [0, 0.1) is 0 Å². The van der Waals surface area contributed by atoms with Crippen molar-refractivity contribution in [3.8, 4) is 5.75 Å². The molecule has 0 saturated heterocycles. The Hall–Kier alpha value is -1.71. The molecule has 1 N–H and O–H groups in total. The second-order valence-corrected chi connectivity index (χ2v) is 5.99. The fourth-order valence-electron chi connectivity index (χ4n) is 2.12. The molecule has 0 fully saturated rings. The van der Waals surface area contributed by atoms with Crippen LogP contribution in [-0.2, 0) is 11.2 Å². The average Bonchev–Trinajstić information content (AvgIpc) is 2.55. The van der Waals surface area contributed by atoms with Crippen molar-refractivity contribution in [1.82, 2.24) is 5.32 Å². The lowest BCUT2D eigenvalue weighted by Gasteiger charge is -2.15. The van der Waals surface area contributed by atoms with Crippen LogP contribution in [0.25, 0.3) is 0 Å². The number of carbonyl (C=O) groups excluding carboxylic acids is 1. The van der Waals surface area contributed by atoms with Gasteiger partial charge in [-0.05, 0) is 43.5 Å². The van der Waals surface area contributed by atoms with Crippen LogP contribution in [0.1, 0.15) is 18.9 Å². The number of nitrogens with one attached hydrogen (secondary N) is 1.